The first kappa shape index (κ1) is 16.1. The number of methoxy groups -OCH3 is 1. The number of rotatable bonds is 5. The van der Waals surface area contributed by atoms with Crippen LogP contribution in [0.25, 0.3) is 21.0 Å². The van der Waals surface area contributed by atoms with Gasteiger partial charge in [0.05, 0.1) is 23.1 Å². The second-order valence-corrected chi connectivity index (χ2v) is 7.84. The van der Waals surface area contributed by atoms with E-state index in [0.717, 1.165) is 36.6 Å². The molecule has 0 fully saturated rings. The number of ether oxygens (including phenoxy) is 1. The molecule has 1 aromatic heterocycles. The summed E-state index contributed by atoms with van der Waals surface area (Å²) in [7, 11) is 1.65. The van der Waals surface area contributed by atoms with Crippen LogP contribution < -0.4 is 4.74 Å². The maximum absolute atomic E-state index is 12.5. The van der Waals surface area contributed by atoms with Gasteiger partial charge in [0.1, 0.15) is 5.75 Å². The van der Waals surface area contributed by atoms with Gasteiger partial charge in [-0.05, 0) is 41.1 Å². The Morgan fingerprint density at radius 2 is 1.88 bits per heavy atom. The van der Waals surface area contributed by atoms with Gasteiger partial charge in [0, 0.05) is 5.56 Å². The minimum absolute atomic E-state index is 0.113. The lowest BCUT2D eigenvalue weighted by molar-refractivity contribution is 0.102. The molecule has 124 valence electrons. The Morgan fingerprint density at radius 1 is 1.08 bits per heavy atom. The van der Waals surface area contributed by atoms with E-state index in [0.29, 0.717) is 5.75 Å². The molecule has 0 radical (unpaired) electrons. The molecule has 3 nitrogen and oxygen atoms in total. The summed E-state index contributed by atoms with van der Waals surface area (Å²) in [4.78, 5) is 17.1. The highest BCUT2D eigenvalue weighted by atomic mass is 32.2. The summed E-state index contributed by atoms with van der Waals surface area (Å²) >= 11 is 3.13. The molecule has 4 rings (SSSR count). The number of hydrogen-bond acceptors (Lipinski definition) is 5. The standard InChI is InChI=1S/C20H15NO2S2/c1-23-16-9-8-13-10-15(7-6-14(13)11-16)18(22)12-24-20-21-17-4-2-3-5-19(17)25-20/h2-11H,12H2,1H3. The Labute approximate surface area is 153 Å². The van der Waals surface area contributed by atoms with Crippen LogP contribution in [0.2, 0.25) is 0 Å². The zero-order valence-electron chi connectivity index (χ0n) is 13.6. The maximum atomic E-state index is 12.5. The number of para-hydroxylation sites is 1. The van der Waals surface area contributed by atoms with Crippen LogP contribution in [-0.4, -0.2) is 23.6 Å². The Kier molecular flexibility index (Phi) is 4.42. The zero-order chi connectivity index (χ0) is 17.2. The van der Waals surface area contributed by atoms with E-state index in [1.165, 1.54) is 11.8 Å². The van der Waals surface area contributed by atoms with E-state index in [2.05, 4.69) is 11.1 Å². The van der Waals surface area contributed by atoms with E-state index in [9.17, 15) is 4.79 Å². The van der Waals surface area contributed by atoms with Gasteiger partial charge in [-0.1, -0.05) is 42.1 Å². The molecule has 0 unspecified atom stereocenters. The van der Waals surface area contributed by atoms with Crippen molar-refractivity contribution in [3.63, 3.8) is 0 Å². The highest BCUT2D eigenvalue weighted by molar-refractivity contribution is 8.01. The minimum Gasteiger partial charge on any atom is -0.497 e. The number of carbonyl (C=O) groups is 1. The van der Waals surface area contributed by atoms with Crippen molar-refractivity contribution in [2.45, 2.75) is 4.34 Å². The molecule has 0 aliphatic rings. The quantitative estimate of drug-likeness (QED) is 0.349. The molecular weight excluding hydrogens is 350 g/mol. The molecule has 0 saturated heterocycles. The van der Waals surface area contributed by atoms with Crippen molar-refractivity contribution >= 4 is 49.9 Å². The zero-order valence-corrected chi connectivity index (χ0v) is 15.2. The number of ketones is 1. The second-order valence-electron chi connectivity index (χ2n) is 5.59. The SMILES string of the molecule is COc1ccc2cc(C(=O)CSc3nc4ccccc4s3)ccc2c1. The molecule has 3 aromatic carbocycles. The minimum atomic E-state index is 0.113. The van der Waals surface area contributed by atoms with Crippen molar-refractivity contribution in [1.82, 2.24) is 4.98 Å². The molecule has 1 heterocycles. The lowest BCUT2D eigenvalue weighted by Gasteiger charge is -2.05. The highest BCUT2D eigenvalue weighted by Gasteiger charge is 2.10. The fourth-order valence-electron chi connectivity index (χ4n) is 2.65. The van der Waals surface area contributed by atoms with Gasteiger partial charge in [-0.25, -0.2) is 4.98 Å². The van der Waals surface area contributed by atoms with E-state index in [1.54, 1.807) is 18.4 Å². The first-order chi connectivity index (χ1) is 12.2. The van der Waals surface area contributed by atoms with Gasteiger partial charge < -0.3 is 4.74 Å². The predicted molar refractivity (Wildman–Crippen MR) is 105 cm³/mol. The summed E-state index contributed by atoms with van der Waals surface area (Å²) in [5.74, 6) is 1.32. The van der Waals surface area contributed by atoms with Gasteiger partial charge in [0.15, 0.2) is 10.1 Å². The van der Waals surface area contributed by atoms with Crippen LogP contribution in [0.15, 0.2) is 65.0 Å². The first-order valence-electron chi connectivity index (χ1n) is 7.82. The maximum Gasteiger partial charge on any atom is 0.173 e. The summed E-state index contributed by atoms with van der Waals surface area (Å²) in [5.41, 5.74) is 1.72. The average molecular weight is 365 g/mol. The molecule has 5 heteroatoms. The van der Waals surface area contributed by atoms with Crippen LogP contribution in [0.3, 0.4) is 0 Å². The van der Waals surface area contributed by atoms with Gasteiger partial charge in [0.2, 0.25) is 0 Å². The van der Waals surface area contributed by atoms with Crippen molar-refractivity contribution < 1.29 is 9.53 Å². The third kappa shape index (κ3) is 3.38. The first-order valence-corrected chi connectivity index (χ1v) is 9.62. The molecule has 4 aromatic rings. The van der Waals surface area contributed by atoms with E-state index >= 15 is 0 Å². The van der Waals surface area contributed by atoms with E-state index in [1.807, 2.05) is 54.6 Å². The third-order valence-electron chi connectivity index (χ3n) is 3.97. The van der Waals surface area contributed by atoms with E-state index in [-0.39, 0.29) is 5.78 Å². The number of thiazole rings is 1. The van der Waals surface area contributed by atoms with Crippen molar-refractivity contribution in [1.29, 1.82) is 0 Å². The van der Waals surface area contributed by atoms with E-state index < -0.39 is 0 Å². The Hall–Kier alpha value is -2.37. The van der Waals surface area contributed by atoms with Crippen molar-refractivity contribution in [2.24, 2.45) is 0 Å². The molecule has 0 spiro atoms. The lowest BCUT2D eigenvalue weighted by Crippen LogP contribution is -2.02. The number of hydrogen-bond donors (Lipinski definition) is 0. The molecule has 0 saturated carbocycles. The molecule has 0 aliphatic heterocycles. The second kappa shape index (κ2) is 6.86. The van der Waals surface area contributed by atoms with Crippen LogP contribution in [0.5, 0.6) is 5.75 Å². The van der Waals surface area contributed by atoms with Gasteiger partial charge in [0.25, 0.3) is 0 Å². The van der Waals surface area contributed by atoms with Gasteiger partial charge in [-0.3, -0.25) is 4.79 Å². The number of fused-ring (bicyclic) bond motifs is 2. The topological polar surface area (TPSA) is 39.2 Å². The number of aromatic nitrogens is 1. The average Bonchev–Trinajstić information content (AvgIpc) is 3.08. The number of thioether (sulfide) groups is 1. The number of carbonyl (C=O) groups excluding carboxylic acids is 1. The van der Waals surface area contributed by atoms with Crippen LogP contribution in [0, 0.1) is 0 Å². The van der Waals surface area contributed by atoms with Crippen LogP contribution >= 0.6 is 23.1 Å². The molecule has 0 atom stereocenters. The molecule has 0 bridgehead atoms. The van der Waals surface area contributed by atoms with Gasteiger partial charge in [-0.15, -0.1) is 11.3 Å². The van der Waals surface area contributed by atoms with Crippen molar-refractivity contribution in [3.05, 3.63) is 66.2 Å². The lowest BCUT2D eigenvalue weighted by atomic mass is 10.0. The van der Waals surface area contributed by atoms with Crippen molar-refractivity contribution in [3.8, 4) is 5.75 Å². The number of nitrogens with zero attached hydrogens (tertiary/aromatic N) is 1. The van der Waals surface area contributed by atoms with Gasteiger partial charge in [-0.2, -0.15) is 0 Å². The highest BCUT2D eigenvalue weighted by Crippen LogP contribution is 2.30. The van der Waals surface area contributed by atoms with Crippen LogP contribution in [-0.2, 0) is 0 Å². The fraction of sp³-hybridized carbons (Fsp3) is 0.100. The predicted octanol–water partition coefficient (Wildman–Crippen LogP) is 5.43. The molecular formula is C20H15NO2S2. The Balaban J connectivity index is 1.51. The van der Waals surface area contributed by atoms with Crippen molar-refractivity contribution in [2.75, 3.05) is 12.9 Å². The normalized spacial score (nSPS) is 11.1. The summed E-state index contributed by atoms with van der Waals surface area (Å²) in [6.45, 7) is 0. The van der Waals surface area contributed by atoms with E-state index in [4.69, 9.17) is 4.74 Å². The summed E-state index contributed by atoms with van der Waals surface area (Å²) in [5, 5.41) is 2.10. The fourth-order valence-corrected chi connectivity index (χ4v) is 4.61. The number of Topliss-reactive ketones (excluding diaryl/α,β-unsaturated/α-hetero) is 1. The van der Waals surface area contributed by atoms with Crippen LogP contribution in [0.1, 0.15) is 10.4 Å². The molecule has 25 heavy (non-hydrogen) atoms. The molecule has 0 aliphatic carbocycles. The summed E-state index contributed by atoms with van der Waals surface area (Å²) in [6, 6.07) is 19.7. The van der Waals surface area contributed by atoms with Gasteiger partial charge >= 0.3 is 0 Å². The summed E-state index contributed by atoms with van der Waals surface area (Å²) < 4.78 is 7.32. The smallest absolute Gasteiger partial charge is 0.173 e. The van der Waals surface area contributed by atoms with Crippen LogP contribution in [0.4, 0.5) is 0 Å². The monoisotopic (exact) mass is 365 g/mol. The Bertz CT molecular complexity index is 1040. The summed E-state index contributed by atoms with van der Waals surface area (Å²) in [6.07, 6.45) is 0. The molecule has 0 N–H and O–H groups in total. The molecule has 0 amide bonds. The third-order valence-corrected chi connectivity index (χ3v) is 6.15. The largest absolute Gasteiger partial charge is 0.497 e. The Morgan fingerprint density at radius 3 is 2.72 bits per heavy atom. The number of benzene rings is 3.